The van der Waals surface area contributed by atoms with Crippen LogP contribution in [-0.4, -0.2) is 40.9 Å². The Hall–Kier alpha value is -3.61. The van der Waals surface area contributed by atoms with Crippen molar-refractivity contribution in [3.8, 4) is 11.5 Å². The van der Waals surface area contributed by atoms with Crippen molar-refractivity contribution in [2.75, 3.05) is 20.3 Å². The van der Waals surface area contributed by atoms with Crippen molar-refractivity contribution in [3.05, 3.63) is 120 Å². The Bertz CT molecular complexity index is 1180. The Balaban J connectivity index is 1.42. The van der Waals surface area contributed by atoms with E-state index in [1.807, 2.05) is 60.8 Å². The first-order chi connectivity index (χ1) is 17.1. The van der Waals surface area contributed by atoms with Crippen molar-refractivity contribution in [3.63, 3.8) is 0 Å². The average Bonchev–Trinajstić information content (AvgIpc) is 3.30. The molecule has 0 aliphatic rings. The molecule has 1 aromatic heterocycles. The maximum Gasteiger partial charge on any atom is 0.123 e. The van der Waals surface area contributed by atoms with Crippen LogP contribution in [0.2, 0.25) is 0 Å². The first kappa shape index (κ1) is 24.5. The second-order valence-corrected chi connectivity index (χ2v) is 8.55. The summed E-state index contributed by atoms with van der Waals surface area (Å²) < 4.78 is 26.7. The quantitative estimate of drug-likeness (QED) is 0.309. The van der Waals surface area contributed by atoms with E-state index in [4.69, 9.17) is 9.47 Å². The lowest BCUT2D eigenvalue weighted by atomic mass is 10.2. The number of hydrogen-bond donors (Lipinski definition) is 1. The third kappa shape index (κ3) is 7.44. The van der Waals surface area contributed by atoms with Crippen molar-refractivity contribution in [2.45, 2.75) is 25.7 Å². The summed E-state index contributed by atoms with van der Waals surface area (Å²) in [6.07, 6.45) is 1.33. The molecule has 0 aliphatic heterocycles. The molecule has 0 saturated heterocycles. The van der Waals surface area contributed by atoms with E-state index in [1.54, 1.807) is 19.2 Å². The highest BCUT2D eigenvalue weighted by Crippen LogP contribution is 2.18. The van der Waals surface area contributed by atoms with Crippen LogP contribution < -0.4 is 9.47 Å². The highest BCUT2D eigenvalue weighted by molar-refractivity contribution is 5.31. The van der Waals surface area contributed by atoms with E-state index in [0.29, 0.717) is 31.9 Å². The van der Waals surface area contributed by atoms with Crippen LogP contribution in [0.15, 0.2) is 97.2 Å². The average molecular weight is 475 g/mol. The fraction of sp³-hybridized carbons (Fsp3) is 0.241. The van der Waals surface area contributed by atoms with Crippen LogP contribution in [0.25, 0.3) is 0 Å². The minimum absolute atomic E-state index is 0.182. The van der Waals surface area contributed by atoms with Crippen LogP contribution in [0, 0.1) is 5.82 Å². The van der Waals surface area contributed by atoms with Gasteiger partial charge in [0, 0.05) is 38.1 Å². The molecule has 1 N–H and O–H groups in total. The zero-order valence-electron chi connectivity index (χ0n) is 19.9. The SMILES string of the molecule is COc1ccc(OCC(O)CN(Cc2ccccc2)Cc2cccn2Cc2cccc(F)c2)cc1. The molecule has 0 fully saturated rings. The molecule has 4 aromatic rings. The second-order valence-electron chi connectivity index (χ2n) is 8.55. The standard InChI is InChI=1S/C29H31FN2O3/c1-34-28-12-14-29(15-13-28)35-22-27(33)21-31(18-23-7-3-2-4-8-23)20-26-11-6-16-32(26)19-24-9-5-10-25(30)17-24/h2-17,27,33H,18-22H2,1H3. The van der Waals surface area contributed by atoms with Gasteiger partial charge in [0.15, 0.2) is 0 Å². The predicted molar refractivity (Wildman–Crippen MR) is 135 cm³/mol. The van der Waals surface area contributed by atoms with Crippen molar-refractivity contribution >= 4 is 0 Å². The van der Waals surface area contributed by atoms with Crippen LogP contribution >= 0.6 is 0 Å². The maximum absolute atomic E-state index is 13.7. The van der Waals surface area contributed by atoms with Crippen LogP contribution in [0.1, 0.15) is 16.8 Å². The Morgan fingerprint density at radius 1 is 0.857 bits per heavy atom. The summed E-state index contributed by atoms with van der Waals surface area (Å²) in [5.41, 5.74) is 3.16. The van der Waals surface area contributed by atoms with Gasteiger partial charge in [-0.1, -0.05) is 42.5 Å². The maximum atomic E-state index is 13.7. The zero-order chi connectivity index (χ0) is 24.5. The normalized spacial score (nSPS) is 12.0. The van der Waals surface area contributed by atoms with Gasteiger partial charge >= 0.3 is 0 Å². The monoisotopic (exact) mass is 474 g/mol. The Morgan fingerprint density at radius 2 is 1.60 bits per heavy atom. The summed E-state index contributed by atoms with van der Waals surface area (Å²) in [5.74, 6) is 1.21. The van der Waals surface area contributed by atoms with Crippen molar-refractivity contribution in [2.24, 2.45) is 0 Å². The van der Waals surface area contributed by atoms with Crippen molar-refractivity contribution < 1.29 is 19.0 Å². The summed E-state index contributed by atoms with van der Waals surface area (Å²) in [6.45, 7) is 2.53. The fourth-order valence-corrected chi connectivity index (χ4v) is 4.05. The van der Waals surface area contributed by atoms with Gasteiger partial charge in [-0.3, -0.25) is 4.90 Å². The summed E-state index contributed by atoms with van der Waals surface area (Å²) in [6, 6.07) is 28.2. The molecule has 1 unspecified atom stereocenters. The number of benzene rings is 3. The number of hydrogen-bond acceptors (Lipinski definition) is 4. The minimum Gasteiger partial charge on any atom is -0.497 e. The molecule has 6 heteroatoms. The van der Waals surface area contributed by atoms with Gasteiger partial charge in [0.2, 0.25) is 0 Å². The summed E-state index contributed by atoms with van der Waals surface area (Å²) in [4.78, 5) is 2.20. The van der Waals surface area contributed by atoms with E-state index >= 15 is 0 Å². The Morgan fingerprint density at radius 3 is 2.34 bits per heavy atom. The van der Waals surface area contributed by atoms with Crippen LogP contribution in [0.4, 0.5) is 4.39 Å². The first-order valence-electron chi connectivity index (χ1n) is 11.7. The van der Waals surface area contributed by atoms with Crippen LogP contribution in [0.5, 0.6) is 11.5 Å². The lowest BCUT2D eigenvalue weighted by Gasteiger charge is -2.26. The Kier molecular flexibility index (Phi) is 8.54. The predicted octanol–water partition coefficient (Wildman–Crippen LogP) is 5.13. The number of aliphatic hydroxyl groups excluding tert-OH is 1. The van der Waals surface area contributed by atoms with Crippen molar-refractivity contribution in [1.82, 2.24) is 9.47 Å². The van der Waals surface area contributed by atoms with E-state index < -0.39 is 6.10 Å². The minimum atomic E-state index is -0.674. The molecule has 3 aromatic carbocycles. The number of ether oxygens (including phenoxy) is 2. The number of nitrogens with zero attached hydrogens (tertiary/aromatic N) is 2. The van der Waals surface area contributed by atoms with Gasteiger partial charge in [-0.05, 0) is 59.7 Å². The highest BCUT2D eigenvalue weighted by Gasteiger charge is 2.16. The van der Waals surface area contributed by atoms with Crippen molar-refractivity contribution in [1.29, 1.82) is 0 Å². The molecule has 0 aliphatic carbocycles. The smallest absolute Gasteiger partial charge is 0.123 e. The molecular weight excluding hydrogens is 443 g/mol. The molecule has 1 atom stereocenters. The van der Waals surface area contributed by atoms with E-state index in [0.717, 1.165) is 17.0 Å². The van der Waals surface area contributed by atoms with Gasteiger partial charge in [-0.15, -0.1) is 0 Å². The number of aromatic nitrogens is 1. The van der Waals surface area contributed by atoms with E-state index in [9.17, 15) is 9.50 Å². The first-order valence-corrected chi connectivity index (χ1v) is 11.7. The number of rotatable bonds is 12. The van der Waals surface area contributed by atoms with E-state index in [1.165, 1.54) is 11.6 Å². The molecule has 0 spiro atoms. The summed E-state index contributed by atoms with van der Waals surface area (Å²) in [7, 11) is 1.62. The topological polar surface area (TPSA) is 46.9 Å². The molecule has 35 heavy (non-hydrogen) atoms. The van der Waals surface area contributed by atoms with E-state index in [-0.39, 0.29) is 12.4 Å². The molecular formula is C29H31FN2O3. The summed E-state index contributed by atoms with van der Waals surface area (Å²) >= 11 is 0. The van der Waals surface area contributed by atoms with Crippen LogP contribution in [-0.2, 0) is 19.6 Å². The molecule has 182 valence electrons. The van der Waals surface area contributed by atoms with Gasteiger partial charge in [-0.2, -0.15) is 0 Å². The van der Waals surface area contributed by atoms with E-state index in [2.05, 4.69) is 27.7 Å². The number of halogens is 1. The number of aliphatic hydroxyl groups is 1. The van der Waals surface area contributed by atoms with Gasteiger partial charge in [0.05, 0.1) is 7.11 Å². The van der Waals surface area contributed by atoms with Gasteiger partial charge in [-0.25, -0.2) is 4.39 Å². The third-order valence-corrected chi connectivity index (χ3v) is 5.77. The Labute approximate surface area is 206 Å². The molecule has 4 rings (SSSR count). The third-order valence-electron chi connectivity index (χ3n) is 5.77. The van der Waals surface area contributed by atoms with Crippen LogP contribution in [0.3, 0.4) is 0 Å². The molecule has 0 radical (unpaired) electrons. The second kappa shape index (κ2) is 12.2. The molecule has 0 amide bonds. The fourth-order valence-electron chi connectivity index (χ4n) is 4.05. The van der Waals surface area contributed by atoms with Gasteiger partial charge < -0.3 is 19.1 Å². The van der Waals surface area contributed by atoms with Gasteiger partial charge in [0.1, 0.15) is 30.0 Å². The number of methoxy groups -OCH3 is 1. The largest absolute Gasteiger partial charge is 0.497 e. The molecule has 0 bridgehead atoms. The summed E-state index contributed by atoms with van der Waals surface area (Å²) in [5, 5.41) is 10.8. The molecule has 5 nitrogen and oxygen atoms in total. The lowest BCUT2D eigenvalue weighted by Crippen LogP contribution is -2.35. The lowest BCUT2D eigenvalue weighted by molar-refractivity contribution is 0.0620. The highest BCUT2D eigenvalue weighted by atomic mass is 19.1. The molecule has 0 saturated carbocycles. The zero-order valence-corrected chi connectivity index (χ0v) is 19.9. The van der Waals surface area contributed by atoms with Gasteiger partial charge in [0.25, 0.3) is 0 Å². The molecule has 1 heterocycles.